The number of hydrogen-bond acceptors (Lipinski definition) is 2. The standard InChI is InChI=1S/C16H28N2.2C3H6.C2H6O2/c17-18-15-10-6-7-12-16(18,13-11-15)14-8-4-2-1-3-5-9-14;2*1-3-2;3-1-2-4/h14-15H,1-13H2;2*3H,1H2,2H3;3-4H,1-2H2. The molecule has 0 radical (unpaired) electrons. The molecule has 0 aromatic carbocycles. The smallest absolute Gasteiger partial charge is 0.154 e. The number of aliphatic hydroxyl groups is 2. The maximum atomic E-state index is 10.7. The first-order valence-corrected chi connectivity index (χ1v) is 11.4. The summed E-state index contributed by atoms with van der Waals surface area (Å²) in [5.74, 6) is 0.769. The molecule has 2 heterocycles. The Morgan fingerprint density at radius 2 is 1.29 bits per heavy atom. The molecular formula is C24H46N2O2. The molecule has 3 rings (SSSR count). The number of allylic oxidation sites excluding steroid dienone is 2. The molecule has 3 aliphatic rings. The van der Waals surface area contributed by atoms with Crippen molar-refractivity contribution in [3.8, 4) is 0 Å². The summed E-state index contributed by atoms with van der Waals surface area (Å²) in [6.45, 7) is 10.2. The zero-order valence-electron chi connectivity index (χ0n) is 18.6. The Hall–Kier alpha value is -1.00. The lowest BCUT2D eigenvalue weighted by atomic mass is 9.72. The van der Waals surface area contributed by atoms with Crippen LogP contribution in [0.25, 0.3) is 5.53 Å². The first-order valence-electron chi connectivity index (χ1n) is 11.4. The summed E-state index contributed by atoms with van der Waals surface area (Å²) in [6, 6.07) is 0.484. The number of hydrogen-bond donors (Lipinski definition) is 2. The quantitative estimate of drug-likeness (QED) is 0.432. The number of rotatable bonds is 2. The lowest BCUT2D eigenvalue weighted by molar-refractivity contribution is -0.645. The summed E-state index contributed by atoms with van der Waals surface area (Å²) in [4.78, 5) is 0. The lowest BCUT2D eigenvalue weighted by Crippen LogP contribution is -2.44. The van der Waals surface area contributed by atoms with Crippen LogP contribution in [0, 0.1) is 5.92 Å². The molecule has 0 amide bonds. The van der Waals surface area contributed by atoms with Gasteiger partial charge in [0.05, 0.1) is 13.2 Å². The highest BCUT2D eigenvalue weighted by molar-refractivity contribution is 4.94. The second kappa shape index (κ2) is 16.9. The minimum absolute atomic E-state index is 0.125. The van der Waals surface area contributed by atoms with Crippen LogP contribution in [-0.2, 0) is 0 Å². The van der Waals surface area contributed by atoms with E-state index in [1.807, 2.05) is 18.5 Å². The summed E-state index contributed by atoms with van der Waals surface area (Å²) >= 11 is 0. The molecule has 164 valence electrons. The van der Waals surface area contributed by atoms with Gasteiger partial charge in [0.1, 0.15) is 6.04 Å². The molecule has 1 aliphatic carbocycles. The third-order valence-corrected chi connectivity index (χ3v) is 6.07. The normalized spacial score (nSPS) is 27.1. The molecule has 2 atom stereocenters. The minimum Gasteiger partial charge on any atom is -0.506 e. The van der Waals surface area contributed by atoms with E-state index < -0.39 is 0 Å². The van der Waals surface area contributed by atoms with E-state index >= 15 is 0 Å². The van der Waals surface area contributed by atoms with Crippen molar-refractivity contribution < 1.29 is 14.9 Å². The van der Waals surface area contributed by atoms with Crippen molar-refractivity contribution in [1.29, 1.82) is 0 Å². The van der Waals surface area contributed by atoms with Gasteiger partial charge in [0, 0.05) is 31.6 Å². The van der Waals surface area contributed by atoms with Crippen molar-refractivity contribution >= 4 is 0 Å². The van der Waals surface area contributed by atoms with Gasteiger partial charge >= 0.3 is 0 Å². The third kappa shape index (κ3) is 9.00. The molecule has 4 heteroatoms. The molecule has 0 aromatic heterocycles. The van der Waals surface area contributed by atoms with Crippen LogP contribution in [0.1, 0.15) is 97.3 Å². The van der Waals surface area contributed by atoms with Gasteiger partial charge in [-0.05, 0) is 39.5 Å². The number of aliphatic hydroxyl groups excluding tert-OH is 2. The lowest BCUT2D eigenvalue weighted by Gasteiger charge is -2.37. The zero-order chi connectivity index (χ0) is 21.3. The van der Waals surface area contributed by atoms with E-state index in [1.54, 1.807) is 12.2 Å². The highest BCUT2D eigenvalue weighted by atomic mass is 16.3. The summed E-state index contributed by atoms with van der Waals surface area (Å²) in [6.07, 6.45) is 20.9. The average molecular weight is 395 g/mol. The van der Waals surface area contributed by atoms with Gasteiger partial charge in [-0.25, -0.2) is 0 Å². The number of nitrogens with zero attached hydrogens (tertiary/aromatic N) is 2. The highest BCUT2D eigenvalue weighted by Gasteiger charge is 2.52. The van der Waals surface area contributed by atoms with Crippen molar-refractivity contribution in [2.75, 3.05) is 13.2 Å². The van der Waals surface area contributed by atoms with Crippen LogP contribution in [-0.4, -0.2) is 39.7 Å². The van der Waals surface area contributed by atoms with Gasteiger partial charge in [-0.1, -0.05) is 44.3 Å². The molecule has 0 spiro atoms. The predicted octanol–water partition coefficient (Wildman–Crippen LogP) is 6.21. The molecule has 2 unspecified atom stereocenters. The van der Waals surface area contributed by atoms with Gasteiger partial charge in [0.2, 0.25) is 0 Å². The van der Waals surface area contributed by atoms with Gasteiger partial charge in [-0.15, -0.1) is 13.2 Å². The Bertz CT molecular complexity index is 409. The molecule has 2 N–H and O–H groups in total. The van der Waals surface area contributed by atoms with E-state index in [-0.39, 0.29) is 18.8 Å². The maximum absolute atomic E-state index is 10.7. The molecule has 2 aliphatic heterocycles. The van der Waals surface area contributed by atoms with Gasteiger partial charge in [0.25, 0.3) is 0 Å². The first kappa shape index (κ1) is 27.0. The van der Waals surface area contributed by atoms with Crippen molar-refractivity contribution in [3.05, 3.63) is 30.8 Å². The van der Waals surface area contributed by atoms with E-state index in [4.69, 9.17) is 10.2 Å². The topological polar surface area (TPSA) is 65.8 Å². The highest BCUT2D eigenvalue weighted by Crippen LogP contribution is 2.47. The summed E-state index contributed by atoms with van der Waals surface area (Å²) in [5.41, 5.74) is 10.9. The molecule has 28 heavy (non-hydrogen) atoms. The predicted molar refractivity (Wildman–Crippen MR) is 120 cm³/mol. The number of fused-ring (bicyclic) bond motifs is 2. The Morgan fingerprint density at radius 1 is 0.821 bits per heavy atom. The fourth-order valence-corrected chi connectivity index (χ4v) is 4.92. The molecule has 3 fully saturated rings. The molecule has 1 saturated carbocycles. The largest absolute Gasteiger partial charge is 0.506 e. The molecule has 2 bridgehead atoms. The van der Waals surface area contributed by atoms with Crippen molar-refractivity contribution in [1.82, 2.24) is 0 Å². The fourth-order valence-electron chi connectivity index (χ4n) is 4.92. The Balaban J connectivity index is 0.000000617. The summed E-state index contributed by atoms with van der Waals surface area (Å²) in [5, 5.41) is 15.2. The zero-order valence-corrected chi connectivity index (χ0v) is 18.6. The van der Waals surface area contributed by atoms with Crippen LogP contribution in [0.15, 0.2) is 25.3 Å². The average Bonchev–Trinajstić information content (AvgIpc) is 2.85. The van der Waals surface area contributed by atoms with Crippen molar-refractivity contribution in [3.63, 3.8) is 0 Å². The summed E-state index contributed by atoms with van der Waals surface area (Å²) < 4.78 is 1.85. The van der Waals surface area contributed by atoms with E-state index in [9.17, 15) is 5.53 Å². The first-order chi connectivity index (χ1) is 13.6. The van der Waals surface area contributed by atoms with Crippen LogP contribution in [0.3, 0.4) is 0 Å². The van der Waals surface area contributed by atoms with Crippen LogP contribution in [0.2, 0.25) is 0 Å². The summed E-state index contributed by atoms with van der Waals surface area (Å²) in [7, 11) is 0. The Morgan fingerprint density at radius 3 is 1.79 bits per heavy atom. The second-order valence-electron chi connectivity index (χ2n) is 8.19. The third-order valence-electron chi connectivity index (χ3n) is 6.07. The van der Waals surface area contributed by atoms with Gasteiger partial charge in [-0.3, -0.25) is 0 Å². The molecule has 2 saturated heterocycles. The van der Waals surface area contributed by atoms with Crippen LogP contribution < -0.4 is 0 Å². The van der Waals surface area contributed by atoms with Gasteiger partial charge in [0.15, 0.2) is 5.54 Å². The molecule has 0 aromatic rings. The Kier molecular flexibility index (Phi) is 16.3. The van der Waals surface area contributed by atoms with Crippen molar-refractivity contribution in [2.24, 2.45) is 5.92 Å². The van der Waals surface area contributed by atoms with Gasteiger partial charge < -0.3 is 20.4 Å². The molecule has 4 nitrogen and oxygen atoms in total. The molecular weight excluding hydrogens is 348 g/mol. The monoisotopic (exact) mass is 394 g/mol. The Labute approximate surface area is 174 Å². The van der Waals surface area contributed by atoms with Crippen LogP contribution in [0.5, 0.6) is 0 Å². The van der Waals surface area contributed by atoms with E-state index in [1.165, 1.54) is 83.5 Å². The van der Waals surface area contributed by atoms with Crippen LogP contribution in [0.4, 0.5) is 0 Å². The SMILES string of the molecule is C=CC.C=CC.OCCO.[N-]=[N+]1C2CCCCC1(C1CCCCCCC1)CC2. The van der Waals surface area contributed by atoms with Gasteiger partial charge in [-0.2, -0.15) is 0 Å². The minimum atomic E-state index is -0.125. The maximum Gasteiger partial charge on any atom is 0.154 e. The van der Waals surface area contributed by atoms with E-state index in [2.05, 4.69) is 13.2 Å². The van der Waals surface area contributed by atoms with E-state index in [0.717, 1.165) is 5.92 Å². The van der Waals surface area contributed by atoms with Crippen LogP contribution >= 0.6 is 0 Å². The van der Waals surface area contributed by atoms with E-state index in [0.29, 0.717) is 6.04 Å². The van der Waals surface area contributed by atoms with Crippen molar-refractivity contribution in [2.45, 2.75) is 109 Å². The fraction of sp³-hybridized carbons (Fsp3) is 0.833. The second-order valence-corrected chi connectivity index (χ2v) is 8.19.